The SMILES string of the molecule is C[Si](C)(C)N(Cc1ccccc1)N=CCCCCC=NN(Cc1ccccc1)[Si](C)(C)C. The highest BCUT2D eigenvalue weighted by atomic mass is 28.3. The number of hydrogen-bond acceptors (Lipinski definition) is 4. The Morgan fingerprint density at radius 2 is 0.938 bits per heavy atom. The first-order valence-electron chi connectivity index (χ1n) is 11.8. The summed E-state index contributed by atoms with van der Waals surface area (Å²) in [6.07, 6.45) is 8.55. The van der Waals surface area contributed by atoms with Crippen LogP contribution in [0, 0.1) is 0 Å². The van der Waals surface area contributed by atoms with E-state index in [0.717, 1.165) is 38.8 Å². The van der Waals surface area contributed by atoms with Crippen molar-refractivity contribution in [2.45, 2.75) is 78.1 Å². The molecule has 2 aromatic rings. The van der Waals surface area contributed by atoms with Crippen molar-refractivity contribution in [3.8, 4) is 0 Å². The second kappa shape index (κ2) is 12.7. The van der Waals surface area contributed by atoms with Gasteiger partial charge in [-0.2, -0.15) is 10.2 Å². The molecule has 0 bridgehead atoms. The number of hydrazone groups is 2. The second-order valence-corrected chi connectivity index (χ2v) is 20.0. The van der Waals surface area contributed by atoms with Gasteiger partial charge in [-0.25, -0.2) is 0 Å². The zero-order valence-electron chi connectivity index (χ0n) is 21.0. The maximum Gasteiger partial charge on any atom is 0.169 e. The Bertz CT molecular complexity index is 753. The standard InChI is InChI=1S/C26H42N4Si2/c1-31(2,3)29(23-25-17-11-9-12-18-25)27-21-15-7-8-16-22-28-30(32(4,5)6)24-26-19-13-10-14-20-26/h9-14,17-22H,7-8,15-16,23-24H2,1-6H3. The third-order valence-electron chi connectivity index (χ3n) is 5.26. The van der Waals surface area contributed by atoms with Crippen LogP contribution in [0.25, 0.3) is 0 Å². The molecule has 0 saturated carbocycles. The van der Waals surface area contributed by atoms with Crippen LogP contribution in [0.3, 0.4) is 0 Å². The molecule has 174 valence electrons. The van der Waals surface area contributed by atoms with Crippen molar-refractivity contribution in [3.05, 3.63) is 71.8 Å². The van der Waals surface area contributed by atoms with Crippen LogP contribution in [0.5, 0.6) is 0 Å². The van der Waals surface area contributed by atoms with Gasteiger partial charge in [-0.05, 0) is 36.8 Å². The lowest BCUT2D eigenvalue weighted by atomic mass is 10.2. The Labute approximate surface area is 198 Å². The van der Waals surface area contributed by atoms with Gasteiger partial charge in [0.15, 0.2) is 16.5 Å². The van der Waals surface area contributed by atoms with Crippen LogP contribution in [0.1, 0.15) is 36.8 Å². The minimum absolute atomic E-state index is 0.896. The van der Waals surface area contributed by atoms with Gasteiger partial charge in [0.05, 0.1) is 13.1 Å². The lowest BCUT2D eigenvalue weighted by Gasteiger charge is -2.31. The van der Waals surface area contributed by atoms with E-state index in [0.29, 0.717) is 0 Å². The third-order valence-corrected chi connectivity index (χ3v) is 8.90. The third kappa shape index (κ3) is 9.96. The topological polar surface area (TPSA) is 31.2 Å². The van der Waals surface area contributed by atoms with Gasteiger partial charge in [-0.1, -0.05) is 99.9 Å². The summed E-state index contributed by atoms with van der Waals surface area (Å²) in [5.41, 5.74) is 2.65. The van der Waals surface area contributed by atoms with Crippen molar-refractivity contribution in [2.75, 3.05) is 0 Å². The maximum absolute atomic E-state index is 4.85. The first-order valence-corrected chi connectivity index (χ1v) is 18.7. The second-order valence-electron chi connectivity index (χ2n) is 10.3. The van der Waals surface area contributed by atoms with Gasteiger partial charge < -0.3 is 9.35 Å². The largest absolute Gasteiger partial charge is 0.321 e. The van der Waals surface area contributed by atoms with Crippen LogP contribution in [-0.2, 0) is 13.1 Å². The molecule has 0 amide bonds. The van der Waals surface area contributed by atoms with Gasteiger partial charge in [-0.15, -0.1) is 0 Å². The fraction of sp³-hybridized carbons (Fsp3) is 0.462. The summed E-state index contributed by atoms with van der Waals surface area (Å²) < 4.78 is 4.64. The molecular formula is C26H42N4Si2. The van der Waals surface area contributed by atoms with Gasteiger partial charge >= 0.3 is 0 Å². The normalized spacial score (nSPS) is 12.6. The Morgan fingerprint density at radius 1 is 0.594 bits per heavy atom. The van der Waals surface area contributed by atoms with Crippen molar-refractivity contribution in [1.29, 1.82) is 0 Å². The summed E-state index contributed by atoms with van der Waals surface area (Å²) in [6.45, 7) is 15.9. The monoisotopic (exact) mass is 466 g/mol. The van der Waals surface area contributed by atoms with Crippen LogP contribution >= 0.6 is 0 Å². The molecular weight excluding hydrogens is 424 g/mol. The lowest BCUT2D eigenvalue weighted by Crippen LogP contribution is -2.41. The summed E-state index contributed by atoms with van der Waals surface area (Å²) in [4.78, 5) is 0. The zero-order valence-corrected chi connectivity index (χ0v) is 23.0. The minimum Gasteiger partial charge on any atom is -0.321 e. The van der Waals surface area contributed by atoms with E-state index in [4.69, 9.17) is 10.2 Å². The molecule has 0 aromatic heterocycles. The van der Waals surface area contributed by atoms with Crippen LogP contribution in [0.4, 0.5) is 0 Å². The molecule has 4 nitrogen and oxygen atoms in total. The van der Waals surface area contributed by atoms with E-state index in [1.165, 1.54) is 11.1 Å². The van der Waals surface area contributed by atoms with Crippen LogP contribution in [0.2, 0.25) is 39.3 Å². The zero-order chi connectivity index (χ0) is 23.5. The quantitative estimate of drug-likeness (QED) is 0.135. The van der Waals surface area contributed by atoms with Crippen molar-refractivity contribution in [3.63, 3.8) is 0 Å². The first kappa shape index (κ1) is 26.1. The van der Waals surface area contributed by atoms with Gasteiger partial charge in [0.25, 0.3) is 0 Å². The molecule has 0 unspecified atom stereocenters. The van der Waals surface area contributed by atoms with E-state index < -0.39 is 16.5 Å². The number of hydrogen-bond donors (Lipinski definition) is 0. The summed E-state index contributed by atoms with van der Waals surface area (Å²) in [5, 5.41) is 9.70. The van der Waals surface area contributed by atoms with Crippen LogP contribution in [0.15, 0.2) is 70.9 Å². The number of nitrogens with zero attached hydrogens (tertiary/aromatic N) is 4. The molecule has 0 fully saturated rings. The van der Waals surface area contributed by atoms with Gasteiger partial charge in [0, 0.05) is 12.4 Å². The summed E-state index contributed by atoms with van der Waals surface area (Å²) in [6, 6.07) is 21.3. The Morgan fingerprint density at radius 3 is 1.25 bits per heavy atom. The van der Waals surface area contributed by atoms with E-state index in [9.17, 15) is 0 Å². The highest BCUT2D eigenvalue weighted by Gasteiger charge is 2.23. The Hall–Kier alpha value is -2.19. The van der Waals surface area contributed by atoms with Gasteiger partial charge in [0.1, 0.15) is 0 Å². The molecule has 2 aromatic carbocycles. The summed E-state index contributed by atoms with van der Waals surface area (Å²) in [5.74, 6) is 0. The fourth-order valence-corrected chi connectivity index (χ4v) is 5.37. The predicted octanol–water partition coefficient (Wildman–Crippen LogP) is 7.19. The average molecular weight is 467 g/mol. The molecule has 0 heterocycles. The number of rotatable bonds is 13. The number of benzene rings is 2. The summed E-state index contributed by atoms with van der Waals surface area (Å²) in [7, 11) is -3.00. The highest BCUT2D eigenvalue weighted by Crippen LogP contribution is 2.16. The first-order chi connectivity index (χ1) is 15.2. The maximum atomic E-state index is 4.85. The summed E-state index contributed by atoms with van der Waals surface area (Å²) >= 11 is 0. The lowest BCUT2D eigenvalue weighted by molar-refractivity contribution is 0.443. The molecule has 0 saturated heterocycles. The Kier molecular flexibility index (Phi) is 10.4. The van der Waals surface area contributed by atoms with E-state index >= 15 is 0 Å². The van der Waals surface area contributed by atoms with Crippen molar-refractivity contribution < 1.29 is 0 Å². The van der Waals surface area contributed by atoms with E-state index in [1.54, 1.807) is 0 Å². The van der Waals surface area contributed by atoms with Gasteiger partial charge in [-0.3, -0.25) is 0 Å². The van der Waals surface area contributed by atoms with Crippen molar-refractivity contribution >= 4 is 28.9 Å². The molecule has 6 heteroatoms. The molecule has 0 aliphatic heterocycles. The van der Waals surface area contributed by atoms with Crippen LogP contribution < -0.4 is 0 Å². The Balaban J connectivity index is 1.77. The molecule has 2 rings (SSSR count). The van der Waals surface area contributed by atoms with Crippen LogP contribution in [-0.4, -0.2) is 38.2 Å². The molecule has 0 aliphatic carbocycles. The highest BCUT2D eigenvalue weighted by molar-refractivity contribution is 6.73. The smallest absolute Gasteiger partial charge is 0.169 e. The molecule has 0 radical (unpaired) electrons. The predicted molar refractivity (Wildman–Crippen MR) is 146 cm³/mol. The molecule has 32 heavy (non-hydrogen) atoms. The molecule has 0 N–H and O–H groups in total. The molecule has 0 atom stereocenters. The molecule has 0 spiro atoms. The molecule has 0 aliphatic rings. The van der Waals surface area contributed by atoms with Crippen molar-refractivity contribution in [2.24, 2.45) is 10.2 Å². The number of unbranched alkanes of at least 4 members (excludes halogenated alkanes) is 3. The van der Waals surface area contributed by atoms with E-state index in [2.05, 4.69) is 122 Å². The van der Waals surface area contributed by atoms with Gasteiger partial charge in [0.2, 0.25) is 0 Å². The fourth-order valence-electron chi connectivity index (χ4n) is 3.20. The van der Waals surface area contributed by atoms with Crippen molar-refractivity contribution in [1.82, 2.24) is 9.35 Å². The van der Waals surface area contributed by atoms with E-state index in [1.807, 2.05) is 0 Å². The average Bonchev–Trinajstić information content (AvgIpc) is 2.74. The van der Waals surface area contributed by atoms with E-state index in [-0.39, 0.29) is 0 Å². The minimum atomic E-state index is -1.50.